The number of pyridine rings is 2. The van der Waals surface area contributed by atoms with Gasteiger partial charge in [0.05, 0.1) is 53.5 Å². The number of aromatic nitrogens is 5. The quantitative estimate of drug-likeness (QED) is 0.245. The van der Waals surface area contributed by atoms with Crippen LogP contribution < -0.4 is 10.6 Å². The number of hydrogen-bond donors (Lipinski definition) is 2. The zero-order valence-electron chi connectivity index (χ0n) is 21.2. The Balaban J connectivity index is 1.66. The van der Waals surface area contributed by atoms with Crippen LogP contribution in [-0.4, -0.2) is 25.0 Å². The minimum atomic E-state index is -1.70. The third kappa shape index (κ3) is 5.10. The molecule has 3 heterocycles. The largest absolute Gasteiger partial charge is 0.373 e. The molecule has 0 saturated heterocycles. The van der Waals surface area contributed by atoms with E-state index < -0.39 is 17.7 Å². The molecule has 8 nitrogen and oxygen atoms in total. The van der Waals surface area contributed by atoms with Gasteiger partial charge >= 0.3 is 0 Å². The summed E-state index contributed by atoms with van der Waals surface area (Å²) in [7, 11) is 0. The Bertz CT molecular complexity index is 1720. The second-order valence-electron chi connectivity index (χ2n) is 8.71. The van der Waals surface area contributed by atoms with E-state index in [9.17, 15) is 15.4 Å². The fraction of sp³-hybridized carbons (Fsp3) is 0.148. The molecular weight excluding hydrogens is 510 g/mol. The lowest BCUT2D eigenvalue weighted by atomic mass is 10.0. The number of fused-ring (bicyclic) bond motifs is 1. The molecule has 2 aromatic carbocycles. The molecule has 38 heavy (non-hydrogen) atoms. The van der Waals surface area contributed by atoms with Crippen molar-refractivity contribution in [1.82, 2.24) is 25.0 Å². The fourth-order valence-corrected chi connectivity index (χ4v) is 4.13. The van der Waals surface area contributed by atoms with E-state index in [4.69, 9.17) is 11.6 Å². The van der Waals surface area contributed by atoms with E-state index in [1.807, 2.05) is 13.8 Å². The molecule has 11 heteroatoms. The van der Waals surface area contributed by atoms with Crippen molar-refractivity contribution in [3.8, 4) is 6.07 Å². The Labute approximate surface area is 223 Å². The van der Waals surface area contributed by atoms with E-state index in [0.29, 0.717) is 33.5 Å². The molecule has 0 radical (unpaired) electrons. The van der Waals surface area contributed by atoms with Crippen LogP contribution in [0.4, 0.5) is 25.8 Å². The Morgan fingerprint density at radius 3 is 2.53 bits per heavy atom. The van der Waals surface area contributed by atoms with Crippen molar-refractivity contribution in [3.05, 3.63) is 101 Å². The van der Waals surface area contributed by atoms with E-state index in [-0.39, 0.29) is 22.3 Å². The van der Waals surface area contributed by atoms with Gasteiger partial charge in [-0.05, 0) is 43.7 Å². The van der Waals surface area contributed by atoms with Crippen LogP contribution >= 0.6 is 11.6 Å². The lowest BCUT2D eigenvalue weighted by molar-refractivity contribution is 0.514. The second kappa shape index (κ2) is 10.4. The maximum absolute atomic E-state index is 13.8. The van der Waals surface area contributed by atoms with E-state index in [1.165, 1.54) is 42.7 Å². The fourth-order valence-electron chi connectivity index (χ4n) is 3.86. The van der Waals surface area contributed by atoms with Crippen molar-refractivity contribution in [2.24, 2.45) is 0 Å². The van der Waals surface area contributed by atoms with Crippen LogP contribution in [0.1, 0.15) is 44.1 Å². The standard InChI is InChI=1S/C27H21ClF2N8/c1-15(2)38-14-24(36-37-38)26(16-3-5-18(29)6-4-16)34-20-8-22-25(35-21-7-19(30)12-32-13-21)17(10-31)11-33-27(22)23(28)9-20/h3-9,11-15,26,34H,1-2H3,(H,33,35)/t26-/m0/s1/i26D. The summed E-state index contributed by atoms with van der Waals surface area (Å²) in [5, 5.41) is 25.0. The Morgan fingerprint density at radius 1 is 1.05 bits per heavy atom. The van der Waals surface area contributed by atoms with Crippen molar-refractivity contribution in [2.45, 2.75) is 25.9 Å². The highest BCUT2D eigenvalue weighted by atomic mass is 35.5. The molecule has 0 saturated carbocycles. The molecule has 3 aromatic heterocycles. The molecule has 1 atom stereocenters. The molecule has 0 aliphatic rings. The van der Waals surface area contributed by atoms with Gasteiger partial charge in [-0.2, -0.15) is 5.26 Å². The summed E-state index contributed by atoms with van der Waals surface area (Å²) in [6.45, 7) is 3.86. The Morgan fingerprint density at radius 2 is 1.84 bits per heavy atom. The average molecular weight is 532 g/mol. The molecule has 0 aliphatic carbocycles. The molecule has 5 aromatic rings. The molecule has 0 aliphatic heterocycles. The molecular formula is C27H21ClF2N8. The Hall–Kier alpha value is -4.62. The zero-order valence-corrected chi connectivity index (χ0v) is 21.0. The number of benzene rings is 2. The predicted octanol–water partition coefficient (Wildman–Crippen LogP) is 6.55. The normalized spacial score (nSPS) is 13.1. The third-order valence-corrected chi connectivity index (χ3v) is 6.01. The first kappa shape index (κ1) is 23.8. The van der Waals surface area contributed by atoms with Crippen LogP contribution in [0.5, 0.6) is 0 Å². The summed E-state index contributed by atoms with van der Waals surface area (Å²) in [4.78, 5) is 8.18. The van der Waals surface area contributed by atoms with Crippen molar-refractivity contribution in [3.63, 3.8) is 0 Å². The smallest absolute Gasteiger partial charge is 0.143 e. The number of anilines is 3. The van der Waals surface area contributed by atoms with E-state index in [0.717, 1.165) is 6.20 Å². The summed E-state index contributed by atoms with van der Waals surface area (Å²) >= 11 is 6.62. The molecule has 0 amide bonds. The topological polar surface area (TPSA) is 104 Å². The van der Waals surface area contributed by atoms with Crippen LogP contribution in [0.2, 0.25) is 5.02 Å². The molecule has 190 valence electrons. The summed E-state index contributed by atoms with van der Waals surface area (Å²) < 4.78 is 38.6. The predicted molar refractivity (Wildman–Crippen MR) is 141 cm³/mol. The van der Waals surface area contributed by atoms with Gasteiger partial charge in [-0.15, -0.1) is 5.10 Å². The highest BCUT2D eigenvalue weighted by Gasteiger charge is 2.21. The summed E-state index contributed by atoms with van der Waals surface area (Å²) in [5.41, 5.74) is 2.30. The molecule has 5 rings (SSSR count). The van der Waals surface area contributed by atoms with Gasteiger partial charge in [0.1, 0.15) is 23.4 Å². The van der Waals surface area contributed by atoms with E-state index in [2.05, 4.69) is 37.0 Å². The Kier molecular flexibility index (Phi) is 6.50. The van der Waals surface area contributed by atoms with E-state index >= 15 is 0 Å². The van der Waals surface area contributed by atoms with Crippen LogP contribution in [-0.2, 0) is 0 Å². The van der Waals surface area contributed by atoms with Gasteiger partial charge < -0.3 is 10.6 Å². The van der Waals surface area contributed by atoms with Crippen LogP contribution in [0.25, 0.3) is 10.9 Å². The van der Waals surface area contributed by atoms with Gasteiger partial charge in [-0.25, -0.2) is 13.5 Å². The first-order valence-corrected chi connectivity index (χ1v) is 11.9. The minimum Gasteiger partial charge on any atom is -0.373 e. The molecule has 0 unspecified atom stereocenters. The van der Waals surface area contributed by atoms with Gasteiger partial charge in [-0.3, -0.25) is 9.97 Å². The van der Waals surface area contributed by atoms with Crippen molar-refractivity contribution in [2.75, 3.05) is 10.6 Å². The first-order chi connectivity index (χ1) is 18.7. The van der Waals surface area contributed by atoms with Crippen molar-refractivity contribution >= 4 is 39.6 Å². The number of nitrogens with one attached hydrogen (secondary N) is 2. The van der Waals surface area contributed by atoms with Crippen molar-refractivity contribution in [1.29, 1.82) is 5.26 Å². The lowest BCUT2D eigenvalue weighted by Crippen LogP contribution is -2.13. The molecule has 2 N–H and O–H groups in total. The summed E-state index contributed by atoms with van der Waals surface area (Å²) in [6.07, 6.45) is 5.50. The highest BCUT2D eigenvalue weighted by Crippen LogP contribution is 2.36. The zero-order chi connectivity index (χ0) is 27.7. The first-order valence-electron chi connectivity index (χ1n) is 12.0. The number of hydrogen-bond acceptors (Lipinski definition) is 7. The summed E-state index contributed by atoms with van der Waals surface area (Å²) in [5.74, 6) is -0.997. The van der Waals surface area contributed by atoms with Gasteiger partial charge in [-0.1, -0.05) is 28.9 Å². The van der Waals surface area contributed by atoms with Gasteiger partial charge in [0.25, 0.3) is 0 Å². The van der Waals surface area contributed by atoms with Gasteiger partial charge in [0, 0.05) is 29.4 Å². The molecule has 0 fully saturated rings. The highest BCUT2D eigenvalue weighted by molar-refractivity contribution is 6.36. The van der Waals surface area contributed by atoms with Crippen LogP contribution in [0.15, 0.2) is 67.3 Å². The van der Waals surface area contributed by atoms with Crippen LogP contribution in [0, 0.1) is 23.0 Å². The minimum absolute atomic E-state index is 0.000235. The maximum atomic E-state index is 13.8. The average Bonchev–Trinajstić information content (AvgIpc) is 3.41. The molecule has 0 bridgehead atoms. The number of halogens is 3. The van der Waals surface area contributed by atoms with E-state index in [1.54, 1.807) is 23.0 Å². The van der Waals surface area contributed by atoms with Crippen molar-refractivity contribution < 1.29 is 10.2 Å². The number of rotatable bonds is 7. The number of nitrogens with zero attached hydrogens (tertiary/aromatic N) is 6. The third-order valence-electron chi connectivity index (χ3n) is 5.72. The summed E-state index contributed by atoms with van der Waals surface area (Å²) in [6, 6.07) is 10.4. The maximum Gasteiger partial charge on any atom is 0.143 e. The SMILES string of the molecule is [2H][C@](Nc1cc(Cl)c2ncc(C#N)c(Nc3cncc(F)c3)c2c1)(c1ccc(F)cc1)c1cn(C(C)C)nn1. The molecule has 0 spiro atoms. The monoisotopic (exact) mass is 531 g/mol. The lowest BCUT2D eigenvalue weighted by Gasteiger charge is -2.20. The second-order valence-corrected chi connectivity index (χ2v) is 9.12. The van der Waals surface area contributed by atoms with Gasteiger partial charge in [0.15, 0.2) is 0 Å². The van der Waals surface area contributed by atoms with Gasteiger partial charge in [0.2, 0.25) is 0 Å². The number of nitriles is 1. The van der Waals surface area contributed by atoms with Crippen LogP contribution in [0.3, 0.4) is 0 Å².